The number of hydrogen-bond acceptors (Lipinski definition) is 4. The zero-order valence-electron chi connectivity index (χ0n) is 10.8. The highest BCUT2D eigenvalue weighted by molar-refractivity contribution is 7.14. The summed E-state index contributed by atoms with van der Waals surface area (Å²) in [4.78, 5) is 15.1. The number of hydrogen-bond donors (Lipinski definition) is 1. The van der Waals surface area contributed by atoms with Gasteiger partial charge in [-0.05, 0) is 19.1 Å². The minimum absolute atomic E-state index is 0.00700. The van der Waals surface area contributed by atoms with Gasteiger partial charge in [-0.1, -0.05) is 11.8 Å². The lowest BCUT2D eigenvalue weighted by Crippen LogP contribution is -2.33. The molecule has 0 aliphatic rings. The summed E-state index contributed by atoms with van der Waals surface area (Å²) in [5.41, 5.74) is 0. The number of amides is 1. The molecule has 0 aliphatic carbocycles. The number of carbonyl (C=O) groups is 1. The molecule has 1 heterocycles. The Bertz CT molecular complexity index is 458. The van der Waals surface area contributed by atoms with E-state index in [4.69, 9.17) is 9.84 Å². The molecule has 1 N–H and O–H groups in total. The molecule has 0 aromatic carbocycles. The second-order valence-electron chi connectivity index (χ2n) is 3.86. The molecule has 1 aromatic heterocycles. The Labute approximate surface area is 111 Å². The van der Waals surface area contributed by atoms with Gasteiger partial charge >= 0.3 is 0 Å². The van der Waals surface area contributed by atoms with Gasteiger partial charge in [-0.3, -0.25) is 4.79 Å². The van der Waals surface area contributed by atoms with Crippen molar-refractivity contribution in [2.24, 2.45) is 0 Å². The van der Waals surface area contributed by atoms with Crippen molar-refractivity contribution in [3.05, 3.63) is 21.9 Å². The molecule has 5 heteroatoms. The van der Waals surface area contributed by atoms with Gasteiger partial charge in [-0.15, -0.1) is 11.3 Å². The third kappa shape index (κ3) is 4.15. The van der Waals surface area contributed by atoms with Gasteiger partial charge < -0.3 is 14.7 Å². The smallest absolute Gasteiger partial charge is 0.263 e. The molecule has 4 nitrogen and oxygen atoms in total. The molecule has 0 radical (unpaired) electrons. The van der Waals surface area contributed by atoms with Crippen LogP contribution >= 0.6 is 11.3 Å². The fourth-order valence-corrected chi connectivity index (χ4v) is 2.25. The van der Waals surface area contributed by atoms with Crippen LogP contribution in [-0.2, 0) is 4.74 Å². The fraction of sp³-hybridized carbons (Fsp3) is 0.462. The summed E-state index contributed by atoms with van der Waals surface area (Å²) in [5, 5.41) is 8.60. The second kappa shape index (κ2) is 7.17. The van der Waals surface area contributed by atoms with Crippen molar-refractivity contribution in [2.45, 2.75) is 13.0 Å². The van der Waals surface area contributed by atoms with Crippen molar-refractivity contribution in [1.29, 1.82) is 0 Å². The first kappa shape index (κ1) is 14.7. The lowest BCUT2D eigenvalue weighted by Gasteiger charge is -2.19. The van der Waals surface area contributed by atoms with Crippen LogP contribution in [-0.4, -0.2) is 49.3 Å². The third-order valence-electron chi connectivity index (χ3n) is 2.39. The molecule has 0 saturated heterocycles. The fourth-order valence-electron chi connectivity index (χ4n) is 1.38. The first-order valence-electron chi connectivity index (χ1n) is 5.56. The van der Waals surface area contributed by atoms with Crippen molar-refractivity contribution in [1.82, 2.24) is 4.90 Å². The number of carbonyl (C=O) groups excluding carboxylic acids is 1. The number of thiophene rings is 1. The van der Waals surface area contributed by atoms with Crippen molar-refractivity contribution in [2.75, 3.05) is 27.3 Å². The first-order chi connectivity index (χ1) is 8.58. The maximum atomic E-state index is 12.1. The average Bonchev–Trinajstić information content (AvgIpc) is 2.83. The van der Waals surface area contributed by atoms with Crippen LogP contribution in [0.25, 0.3) is 0 Å². The van der Waals surface area contributed by atoms with Gasteiger partial charge in [-0.25, -0.2) is 0 Å². The van der Waals surface area contributed by atoms with E-state index < -0.39 is 0 Å². The Morgan fingerprint density at radius 1 is 1.61 bits per heavy atom. The number of ether oxygens (including phenoxy) is 1. The highest BCUT2D eigenvalue weighted by atomic mass is 32.1. The largest absolute Gasteiger partial charge is 0.384 e. The van der Waals surface area contributed by atoms with E-state index in [1.165, 1.54) is 11.3 Å². The molecule has 0 spiro atoms. The van der Waals surface area contributed by atoms with Crippen molar-refractivity contribution >= 4 is 17.2 Å². The van der Waals surface area contributed by atoms with Crippen LogP contribution in [0.1, 0.15) is 21.5 Å². The normalized spacial score (nSPS) is 11.6. The molecular formula is C13H17NO3S. The molecule has 98 valence electrons. The molecule has 0 bridgehead atoms. The van der Waals surface area contributed by atoms with Gasteiger partial charge in [0.25, 0.3) is 5.91 Å². The van der Waals surface area contributed by atoms with Crippen LogP contribution in [0.4, 0.5) is 0 Å². The van der Waals surface area contributed by atoms with E-state index in [0.29, 0.717) is 11.4 Å². The van der Waals surface area contributed by atoms with Gasteiger partial charge in [0.05, 0.1) is 15.9 Å². The summed E-state index contributed by atoms with van der Waals surface area (Å²) in [5.74, 6) is 5.30. The lowest BCUT2D eigenvalue weighted by molar-refractivity contribution is 0.0603. The van der Waals surface area contributed by atoms with Gasteiger partial charge in [0, 0.05) is 20.7 Å². The van der Waals surface area contributed by atoms with E-state index in [0.717, 1.165) is 4.88 Å². The summed E-state index contributed by atoms with van der Waals surface area (Å²) in [6.07, 6.45) is 0.00700. The van der Waals surface area contributed by atoms with E-state index in [1.807, 2.05) is 6.92 Å². The SMILES string of the molecule is COC(C)CN(C)C(=O)c1ccc(C#CCO)s1. The standard InChI is InChI=1S/C13H17NO3S/c1-10(17-3)9-14(2)13(16)12-7-6-11(18-12)5-4-8-15/h6-7,10,15H,8-9H2,1-3H3. The zero-order chi connectivity index (χ0) is 13.5. The van der Waals surface area contributed by atoms with Crippen molar-refractivity contribution in [3.63, 3.8) is 0 Å². The quantitative estimate of drug-likeness (QED) is 0.834. The number of methoxy groups -OCH3 is 1. The summed E-state index contributed by atoms with van der Waals surface area (Å²) in [6.45, 7) is 2.29. The van der Waals surface area contributed by atoms with Crippen LogP contribution in [0.2, 0.25) is 0 Å². The minimum Gasteiger partial charge on any atom is -0.384 e. The molecular weight excluding hydrogens is 250 g/mol. The number of likely N-dealkylation sites (N-methyl/N-ethyl adjacent to an activating group) is 1. The van der Waals surface area contributed by atoms with Gasteiger partial charge in [0.1, 0.15) is 6.61 Å². The molecule has 18 heavy (non-hydrogen) atoms. The van der Waals surface area contributed by atoms with E-state index >= 15 is 0 Å². The highest BCUT2D eigenvalue weighted by Crippen LogP contribution is 2.17. The summed E-state index contributed by atoms with van der Waals surface area (Å²) in [6, 6.07) is 3.54. The first-order valence-corrected chi connectivity index (χ1v) is 6.38. The molecule has 1 aromatic rings. The maximum absolute atomic E-state index is 12.1. The predicted molar refractivity (Wildman–Crippen MR) is 71.7 cm³/mol. The average molecular weight is 267 g/mol. The number of nitrogens with zero attached hydrogens (tertiary/aromatic N) is 1. The van der Waals surface area contributed by atoms with Gasteiger partial charge in [0.2, 0.25) is 0 Å². The number of rotatable bonds is 4. The Morgan fingerprint density at radius 3 is 2.94 bits per heavy atom. The van der Waals surface area contributed by atoms with Crippen molar-refractivity contribution < 1.29 is 14.6 Å². The van der Waals surface area contributed by atoms with Crippen LogP contribution in [0, 0.1) is 11.8 Å². The van der Waals surface area contributed by atoms with Crippen molar-refractivity contribution in [3.8, 4) is 11.8 Å². The summed E-state index contributed by atoms with van der Waals surface area (Å²) < 4.78 is 5.12. The van der Waals surface area contributed by atoms with Crippen LogP contribution in [0.3, 0.4) is 0 Å². The molecule has 0 aliphatic heterocycles. The Balaban J connectivity index is 2.69. The second-order valence-corrected chi connectivity index (χ2v) is 4.94. The predicted octanol–water partition coefficient (Wildman–Crippen LogP) is 1.20. The van der Waals surface area contributed by atoms with Crippen LogP contribution in [0.5, 0.6) is 0 Å². The molecule has 1 atom stereocenters. The minimum atomic E-state index is -0.174. The van der Waals surface area contributed by atoms with E-state index in [1.54, 1.807) is 31.2 Å². The molecule has 1 rings (SSSR count). The zero-order valence-corrected chi connectivity index (χ0v) is 11.6. The highest BCUT2D eigenvalue weighted by Gasteiger charge is 2.15. The van der Waals surface area contributed by atoms with E-state index in [2.05, 4.69) is 11.8 Å². The number of aliphatic hydroxyl groups excluding tert-OH is 1. The topological polar surface area (TPSA) is 49.8 Å². The number of aliphatic hydroxyl groups is 1. The lowest BCUT2D eigenvalue weighted by atomic mass is 10.3. The summed E-state index contributed by atoms with van der Waals surface area (Å²) >= 11 is 1.33. The molecule has 0 fully saturated rings. The molecule has 1 amide bonds. The van der Waals surface area contributed by atoms with Crippen LogP contribution in [0.15, 0.2) is 12.1 Å². The van der Waals surface area contributed by atoms with Gasteiger partial charge in [0.15, 0.2) is 0 Å². The third-order valence-corrected chi connectivity index (χ3v) is 3.38. The summed E-state index contributed by atoms with van der Waals surface area (Å²) in [7, 11) is 3.37. The van der Waals surface area contributed by atoms with Crippen LogP contribution < -0.4 is 0 Å². The van der Waals surface area contributed by atoms with E-state index in [-0.39, 0.29) is 18.6 Å². The Hall–Kier alpha value is -1.35. The monoisotopic (exact) mass is 267 g/mol. The van der Waals surface area contributed by atoms with Gasteiger partial charge in [-0.2, -0.15) is 0 Å². The molecule has 0 saturated carbocycles. The Morgan fingerprint density at radius 2 is 2.33 bits per heavy atom. The molecule has 1 unspecified atom stereocenters. The Kier molecular flexibility index (Phi) is 5.86. The van der Waals surface area contributed by atoms with E-state index in [9.17, 15) is 4.79 Å². The maximum Gasteiger partial charge on any atom is 0.263 e.